The normalized spacial score (nSPS) is 20.1. The highest BCUT2D eigenvalue weighted by Gasteiger charge is 2.25. The van der Waals surface area contributed by atoms with Crippen molar-refractivity contribution in [1.82, 2.24) is 4.90 Å². The maximum Gasteiger partial charge on any atom is 0.253 e. The fourth-order valence-corrected chi connectivity index (χ4v) is 2.00. The molecule has 1 atom stereocenters. The molecule has 1 unspecified atom stereocenters. The van der Waals surface area contributed by atoms with E-state index in [1.165, 1.54) is 12.1 Å². The van der Waals surface area contributed by atoms with Gasteiger partial charge in [-0.25, -0.2) is 0 Å². The number of likely N-dealkylation sites (tertiary alicyclic amines) is 1. The van der Waals surface area contributed by atoms with Crippen LogP contribution in [0.4, 0.5) is 0 Å². The summed E-state index contributed by atoms with van der Waals surface area (Å²) in [4.78, 5) is 13.8. The molecule has 2 rings (SSSR count). The second kappa shape index (κ2) is 4.53. The number of nitrogens with two attached hydrogens (primary N) is 1. The van der Waals surface area contributed by atoms with Gasteiger partial charge in [-0.3, -0.25) is 4.79 Å². The molecule has 4 nitrogen and oxygen atoms in total. The Morgan fingerprint density at radius 2 is 2.12 bits per heavy atom. The molecule has 16 heavy (non-hydrogen) atoms. The van der Waals surface area contributed by atoms with Gasteiger partial charge in [0.05, 0.1) is 0 Å². The fraction of sp³-hybridized carbons (Fsp3) is 0.417. The van der Waals surface area contributed by atoms with Crippen molar-refractivity contribution in [1.29, 1.82) is 0 Å². The predicted molar refractivity (Wildman–Crippen MR) is 61.2 cm³/mol. The summed E-state index contributed by atoms with van der Waals surface area (Å²) in [5.74, 6) is 0.634. The smallest absolute Gasteiger partial charge is 0.253 e. The van der Waals surface area contributed by atoms with Crippen LogP contribution in [0.3, 0.4) is 0 Å². The Morgan fingerprint density at radius 1 is 1.44 bits per heavy atom. The number of hydrogen-bond donors (Lipinski definition) is 2. The number of amides is 1. The number of hydrogen-bond acceptors (Lipinski definition) is 3. The second-order valence-corrected chi connectivity index (χ2v) is 4.19. The van der Waals surface area contributed by atoms with Crippen LogP contribution < -0.4 is 5.73 Å². The molecule has 4 heteroatoms. The third-order valence-electron chi connectivity index (χ3n) is 3.02. The SMILES string of the molecule is NCC1CCN(C(=O)c2ccc(O)cc2)C1. The van der Waals surface area contributed by atoms with E-state index in [4.69, 9.17) is 10.8 Å². The molecule has 0 radical (unpaired) electrons. The van der Waals surface area contributed by atoms with E-state index in [9.17, 15) is 4.79 Å². The van der Waals surface area contributed by atoms with Gasteiger partial charge < -0.3 is 15.7 Å². The predicted octanol–water partition coefficient (Wildman–Crippen LogP) is 0.813. The Kier molecular flexibility index (Phi) is 3.10. The van der Waals surface area contributed by atoms with E-state index >= 15 is 0 Å². The van der Waals surface area contributed by atoms with Gasteiger partial charge in [0.25, 0.3) is 5.91 Å². The zero-order valence-electron chi connectivity index (χ0n) is 9.10. The molecule has 0 bridgehead atoms. The molecular formula is C12H16N2O2. The quantitative estimate of drug-likeness (QED) is 0.775. The van der Waals surface area contributed by atoms with Crippen LogP contribution in [-0.2, 0) is 0 Å². The Morgan fingerprint density at radius 3 is 2.69 bits per heavy atom. The number of carbonyl (C=O) groups excluding carboxylic acids is 1. The van der Waals surface area contributed by atoms with E-state index < -0.39 is 0 Å². The lowest BCUT2D eigenvalue weighted by atomic mass is 10.1. The third kappa shape index (κ3) is 2.17. The minimum Gasteiger partial charge on any atom is -0.508 e. The minimum absolute atomic E-state index is 0.0240. The molecule has 1 amide bonds. The molecule has 0 spiro atoms. The van der Waals surface area contributed by atoms with E-state index in [-0.39, 0.29) is 11.7 Å². The lowest BCUT2D eigenvalue weighted by Gasteiger charge is -2.16. The van der Waals surface area contributed by atoms with Crippen LogP contribution in [0, 0.1) is 5.92 Å². The van der Waals surface area contributed by atoms with E-state index in [1.807, 2.05) is 4.90 Å². The van der Waals surface area contributed by atoms with Crippen molar-refractivity contribution in [3.63, 3.8) is 0 Å². The molecule has 0 saturated carbocycles. The molecule has 0 aliphatic carbocycles. The van der Waals surface area contributed by atoms with E-state index in [0.717, 1.165) is 19.5 Å². The lowest BCUT2D eigenvalue weighted by Crippen LogP contribution is -2.29. The lowest BCUT2D eigenvalue weighted by molar-refractivity contribution is 0.0787. The molecule has 1 heterocycles. The average molecular weight is 220 g/mol. The topological polar surface area (TPSA) is 66.6 Å². The van der Waals surface area contributed by atoms with Gasteiger partial charge in [-0.1, -0.05) is 0 Å². The molecular weight excluding hydrogens is 204 g/mol. The third-order valence-corrected chi connectivity index (χ3v) is 3.02. The van der Waals surface area contributed by atoms with Crippen LogP contribution in [0.15, 0.2) is 24.3 Å². The van der Waals surface area contributed by atoms with Crippen molar-refractivity contribution in [2.45, 2.75) is 6.42 Å². The van der Waals surface area contributed by atoms with Crippen molar-refractivity contribution in [2.75, 3.05) is 19.6 Å². The summed E-state index contributed by atoms with van der Waals surface area (Å²) >= 11 is 0. The van der Waals surface area contributed by atoms with E-state index in [1.54, 1.807) is 12.1 Å². The van der Waals surface area contributed by atoms with Crippen LogP contribution in [0.1, 0.15) is 16.8 Å². The minimum atomic E-state index is 0.0240. The van der Waals surface area contributed by atoms with Crippen LogP contribution in [0.25, 0.3) is 0 Å². The van der Waals surface area contributed by atoms with Gasteiger partial charge in [-0.15, -0.1) is 0 Å². The van der Waals surface area contributed by atoms with Crippen molar-refractivity contribution in [2.24, 2.45) is 11.7 Å². The van der Waals surface area contributed by atoms with Crippen LogP contribution in [0.5, 0.6) is 5.75 Å². The zero-order chi connectivity index (χ0) is 11.5. The van der Waals surface area contributed by atoms with Crippen LogP contribution >= 0.6 is 0 Å². The van der Waals surface area contributed by atoms with Gasteiger partial charge in [-0.2, -0.15) is 0 Å². The summed E-state index contributed by atoms with van der Waals surface area (Å²) in [5, 5.41) is 9.14. The Balaban J connectivity index is 2.05. The highest BCUT2D eigenvalue weighted by atomic mass is 16.3. The van der Waals surface area contributed by atoms with Gasteiger partial charge in [0.15, 0.2) is 0 Å². The number of aromatic hydroxyl groups is 1. The van der Waals surface area contributed by atoms with Gasteiger partial charge in [0, 0.05) is 18.7 Å². The Bertz CT molecular complexity index is 375. The first kappa shape index (κ1) is 11.0. The van der Waals surface area contributed by atoms with Gasteiger partial charge >= 0.3 is 0 Å². The fourth-order valence-electron chi connectivity index (χ4n) is 2.00. The first-order valence-electron chi connectivity index (χ1n) is 5.49. The van der Waals surface area contributed by atoms with Crippen molar-refractivity contribution >= 4 is 5.91 Å². The van der Waals surface area contributed by atoms with Crippen LogP contribution in [-0.4, -0.2) is 35.5 Å². The zero-order valence-corrected chi connectivity index (χ0v) is 9.10. The molecule has 86 valence electrons. The highest BCUT2D eigenvalue weighted by molar-refractivity contribution is 5.94. The van der Waals surface area contributed by atoms with E-state index in [0.29, 0.717) is 18.0 Å². The molecule has 1 aromatic carbocycles. The average Bonchev–Trinajstić information content (AvgIpc) is 2.77. The first-order chi connectivity index (χ1) is 7.70. The maximum absolute atomic E-state index is 12.0. The van der Waals surface area contributed by atoms with Crippen molar-refractivity contribution < 1.29 is 9.90 Å². The monoisotopic (exact) mass is 220 g/mol. The largest absolute Gasteiger partial charge is 0.508 e. The molecule has 3 N–H and O–H groups in total. The number of nitrogens with zero attached hydrogens (tertiary/aromatic N) is 1. The Hall–Kier alpha value is -1.55. The molecule has 1 saturated heterocycles. The second-order valence-electron chi connectivity index (χ2n) is 4.19. The molecule has 1 aliphatic heterocycles. The first-order valence-corrected chi connectivity index (χ1v) is 5.49. The van der Waals surface area contributed by atoms with Crippen LogP contribution in [0.2, 0.25) is 0 Å². The number of rotatable bonds is 2. The number of phenolic OH excluding ortho intramolecular Hbond substituents is 1. The number of phenols is 1. The van der Waals surface area contributed by atoms with Gasteiger partial charge in [-0.05, 0) is 43.1 Å². The van der Waals surface area contributed by atoms with Gasteiger partial charge in [0.1, 0.15) is 5.75 Å². The van der Waals surface area contributed by atoms with Crippen molar-refractivity contribution in [3.05, 3.63) is 29.8 Å². The summed E-state index contributed by atoms with van der Waals surface area (Å²) < 4.78 is 0. The van der Waals surface area contributed by atoms with E-state index in [2.05, 4.69) is 0 Å². The molecule has 1 aliphatic rings. The molecule has 1 fully saturated rings. The summed E-state index contributed by atoms with van der Waals surface area (Å²) in [6.07, 6.45) is 0.986. The standard InChI is InChI=1S/C12H16N2O2/c13-7-9-5-6-14(8-9)12(16)10-1-3-11(15)4-2-10/h1-4,9,15H,5-8,13H2. The Labute approximate surface area is 94.7 Å². The van der Waals surface area contributed by atoms with Gasteiger partial charge in [0.2, 0.25) is 0 Å². The summed E-state index contributed by atoms with van der Waals surface area (Å²) in [5.41, 5.74) is 6.20. The number of benzene rings is 1. The van der Waals surface area contributed by atoms with Crippen molar-refractivity contribution in [3.8, 4) is 5.75 Å². The maximum atomic E-state index is 12.0. The summed E-state index contributed by atoms with van der Waals surface area (Å²) in [7, 11) is 0. The molecule has 0 aromatic heterocycles. The number of carbonyl (C=O) groups is 1. The summed E-state index contributed by atoms with van der Waals surface area (Å²) in [6, 6.07) is 6.36. The highest BCUT2D eigenvalue weighted by Crippen LogP contribution is 2.18. The summed E-state index contributed by atoms with van der Waals surface area (Å²) in [6.45, 7) is 2.16. The molecule has 1 aromatic rings.